The number of hydrogen-bond donors (Lipinski definition) is 7. The number of nitrogens with one attached hydrogen (secondary N) is 4. The van der Waals surface area contributed by atoms with Gasteiger partial charge in [0, 0.05) is 31.2 Å². The van der Waals surface area contributed by atoms with Crippen LogP contribution in [0.1, 0.15) is 23.2 Å². The lowest BCUT2D eigenvalue weighted by atomic mass is 10.0. The van der Waals surface area contributed by atoms with Crippen molar-refractivity contribution in [2.24, 2.45) is 5.73 Å². The molecule has 3 rings (SSSR count). The second-order valence-electron chi connectivity index (χ2n) is 9.75. The van der Waals surface area contributed by atoms with Gasteiger partial charge in [-0.15, -0.1) is 0 Å². The molecular formula is C29H36N6O6S. The van der Waals surface area contributed by atoms with Gasteiger partial charge in [0.2, 0.25) is 17.7 Å². The van der Waals surface area contributed by atoms with Gasteiger partial charge in [-0.05, 0) is 41.7 Å². The molecule has 0 fully saturated rings. The molecule has 0 saturated carbocycles. The van der Waals surface area contributed by atoms with E-state index in [2.05, 4.69) is 25.9 Å². The molecule has 1 heterocycles. The molecule has 12 nitrogen and oxygen atoms in total. The fraction of sp³-hybridized carbons (Fsp3) is 0.345. The number of phenols is 1. The van der Waals surface area contributed by atoms with Crippen molar-refractivity contribution in [3.8, 4) is 5.75 Å². The van der Waals surface area contributed by atoms with E-state index in [-0.39, 0.29) is 31.4 Å². The molecule has 0 aliphatic carbocycles. The summed E-state index contributed by atoms with van der Waals surface area (Å²) in [5.74, 6) is -2.54. The highest BCUT2D eigenvalue weighted by Gasteiger charge is 2.31. The number of hydrogen-bond acceptors (Lipinski definition) is 8. The van der Waals surface area contributed by atoms with Crippen LogP contribution < -0.4 is 21.7 Å². The average Bonchev–Trinajstić information content (AvgIpc) is 3.48. The van der Waals surface area contributed by atoms with Crippen molar-refractivity contribution in [2.45, 2.75) is 49.9 Å². The molecular weight excluding hydrogens is 560 g/mol. The number of amides is 3. The van der Waals surface area contributed by atoms with Crippen molar-refractivity contribution in [1.82, 2.24) is 25.9 Å². The van der Waals surface area contributed by atoms with Crippen molar-refractivity contribution in [3.05, 3.63) is 83.9 Å². The third kappa shape index (κ3) is 10.2. The van der Waals surface area contributed by atoms with Crippen LogP contribution in [0.25, 0.3) is 0 Å². The molecule has 0 aliphatic heterocycles. The molecule has 0 radical (unpaired) electrons. The number of carbonyl (C=O) groups excluding carboxylic acids is 3. The summed E-state index contributed by atoms with van der Waals surface area (Å²) in [6.45, 7) is 0. The maximum absolute atomic E-state index is 13.7. The SMILES string of the molecule is CSCCC(NC(=O)C(Cc1ccc(O)cc1)NC(=O)C(Cc1ccccc1)NC(=O)C(N)Cc1cnc[nH]1)C(=O)O. The Hall–Kier alpha value is -4.36. The average molecular weight is 597 g/mol. The maximum Gasteiger partial charge on any atom is 0.326 e. The van der Waals surface area contributed by atoms with E-state index in [4.69, 9.17) is 5.73 Å². The number of rotatable bonds is 16. The smallest absolute Gasteiger partial charge is 0.326 e. The Morgan fingerprint density at radius 1 is 0.857 bits per heavy atom. The van der Waals surface area contributed by atoms with Crippen molar-refractivity contribution >= 4 is 35.5 Å². The fourth-order valence-electron chi connectivity index (χ4n) is 4.18. The van der Waals surface area contributed by atoms with E-state index in [1.54, 1.807) is 42.6 Å². The summed E-state index contributed by atoms with van der Waals surface area (Å²) in [6.07, 6.45) is 5.36. The number of aliphatic carboxylic acids is 1. The number of nitrogens with two attached hydrogens (primary N) is 1. The molecule has 2 aromatic carbocycles. The highest BCUT2D eigenvalue weighted by atomic mass is 32.2. The molecule has 224 valence electrons. The molecule has 3 amide bonds. The van der Waals surface area contributed by atoms with Gasteiger partial charge in [-0.1, -0.05) is 42.5 Å². The summed E-state index contributed by atoms with van der Waals surface area (Å²) in [4.78, 5) is 58.6. The summed E-state index contributed by atoms with van der Waals surface area (Å²) in [5, 5.41) is 27.2. The van der Waals surface area contributed by atoms with Crippen LogP contribution in [0.15, 0.2) is 67.1 Å². The van der Waals surface area contributed by atoms with E-state index in [0.29, 0.717) is 17.0 Å². The molecule has 4 atom stereocenters. The Morgan fingerprint density at radius 3 is 1.98 bits per heavy atom. The lowest BCUT2D eigenvalue weighted by Crippen LogP contribution is -2.58. The van der Waals surface area contributed by atoms with E-state index in [1.165, 1.54) is 30.2 Å². The molecule has 42 heavy (non-hydrogen) atoms. The molecule has 8 N–H and O–H groups in total. The van der Waals surface area contributed by atoms with Gasteiger partial charge in [0.15, 0.2) is 0 Å². The lowest BCUT2D eigenvalue weighted by Gasteiger charge is -2.25. The largest absolute Gasteiger partial charge is 0.508 e. The number of nitrogens with zero attached hydrogens (tertiary/aromatic N) is 1. The molecule has 0 aliphatic rings. The molecule has 13 heteroatoms. The lowest BCUT2D eigenvalue weighted by molar-refractivity contribution is -0.142. The van der Waals surface area contributed by atoms with Gasteiger partial charge in [0.1, 0.15) is 23.9 Å². The van der Waals surface area contributed by atoms with Gasteiger partial charge < -0.3 is 36.9 Å². The van der Waals surface area contributed by atoms with Gasteiger partial charge in [-0.2, -0.15) is 11.8 Å². The summed E-state index contributed by atoms with van der Waals surface area (Å²) < 4.78 is 0. The zero-order valence-corrected chi connectivity index (χ0v) is 24.0. The van der Waals surface area contributed by atoms with E-state index >= 15 is 0 Å². The molecule has 4 unspecified atom stereocenters. The normalized spacial score (nSPS) is 13.8. The minimum Gasteiger partial charge on any atom is -0.508 e. The number of carboxylic acids is 1. The number of thioether (sulfide) groups is 1. The molecule has 3 aromatic rings. The standard InChI is InChI=1S/C29H36N6O6S/c1-42-12-11-23(29(40)41)33-27(38)25(14-19-7-9-21(36)10-8-19)35-28(39)24(13-18-5-3-2-4-6-18)34-26(37)22(30)15-20-16-31-17-32-20/h2-10,16-17,22-25,36H,11-15,30H2,1H3,(H,31,32)(H,33,38)(H,34,37)(H,35,39)(H,40,41). The molecule has 0 saturated heterocycles. The third-order valence-corrected chi connectivity index (χ3v) is 7.13. The Kier molecular flexibility index (Phi) is 12.4. The molecule has 1 aromatic heterocycles. The number of carbonyl (C=O) groups is 4. The predicted octanol–water partition coefficient (Wildman–Crippen LogP) is 0.763. The third-order valence-electron chi connectivity index (χ3n) is 6.48. The number of aromatic hydroxyl groups is 1. The van der Waals surface area contributed by atoms with Crippen LogP contribution in [-0.4, -0.2) is 80.0 Å². The van der Waals surface area contributed by atoms with Crippen molar-refractivity contribution in [3.63, 3.8) is 0 Å². The van der Waals surface area contributed by atoms with Gasteiger partial charge in [0.25, 0.3) is 0 Å². The Morgan fingerprint density at radius 2 is 1.43 bits per heavy atom. The first-order chi connectivity index (χ1) is 20.2. The molecule has 0 bridgehead atoms. The van der Waals surface area contributed by atoms with Gasteiger partial charge in [-0.25, -0.2) is 9.78 Å². The second kappa shape index (κ2) is 16.2. The summed E-state index contributed by atoms with van der Waals surface area (Å²) in [7, 11) is 0. The topological polar surface area (TPSA) is 200 Å². The Bertz CT molecular complexity index is 1310. The zero-order valence-electron chi connectivity index (χ0n) is 23.2. The van der Waals surface area contributed by atoms with E-state index in [0.717, 1.165) is 5.56 Å². The number of benzene rings is 2. The fourth-order valence-corrected chi connectivity index (χ4v) is 4.65. The number of carboxylic acid groups (broad SMARTS) is 1. The number of aromatic nitrogens is 2. The highest BCUT2D eigenvalue weighted by Crippen LogP contribution is 2.13. The quantitative estimate of drug-likeness (QED) is 0.125. The van der Waals surface area contributed by atoms with Crippen LogP contribution >= 0.6 is 11.8 Å². The van der Waals surface area contributed by atoms with Gasteiger partial charge in [0.05, 0.1) is 12.4 Å². The number of phenolic OH excluding ortho intramolecular Hbond substituents is 1. The number of aromatic amines is 1. The van der Waals surface area contributed by atoms with Crippen LogP contribution in [0.3, 0.4) is 0 Å². The minimum absolute atomic E-state index is 0.0120. The van der Waals surface area contributed by atoms with E-state index in [1.807, 2.05) is 12.3 Å². The second-order valence-corrected chi connectivity index (χ2v) is 10.7. The first-order valence-corrected chi connectivity index (χ1v) is 14.7. The predicted molar refractivity (Wildman–Crippen MR) is 159 cm³/mol. The van der Waals surface area contributed by atoms with Gasteiger partial charge in [-0.3, -0.25) is 14.4 Å². The minimum atomic E-state index is -1.19. The van der Waals surface area contributed by atoms with E-state index < -0.39 is 47.9 Å². The molecule has 0 spiro atoms. The van der Waals surface area contributed by atoms with Crippen LogP contribution in [0.5, 0.6) is 5.75 Å². The Labute approximate surface area is 247 Å². The van der Waals surface area contributed by atoms with Crippen molar-refractivity contribution in [2.75, 3.05) is 12.0 Å². The Balaban J connectivity index is 1.82. The monoisotopic (exact) mass is 596 g/mol. The number of imidazole rings is 1. The first-order valence-electron chi connectivity index (χ1n) is 13.3. The van der Waals surface area contributed by atoms with Crippen LogP contribution in [0, 0.1) is 0 Å². The van der Waals surface area contributed by atoms with Crippen LogP contribution in [-0.2, 0) is 38.4 Å². The summed E-state index contributed by atoms with van der Waals surface area (Å²) in [5.41, 5.74) is 8.14. The van der Waals surface area contributed by atoms with Crippen LogP contribution in [0.2, 0.25) is 0 Å². The zero-order chi connectivity index (χ0) is 30.5. The van der Waals surface area contributed by atoms with Gasteiger partial charge >= 0.3 is 5.97 Å². The summed E-state index contributed by atoms with van der Waals surface area (Å²) in [6, 6.07) is 10.8. The van der Waals surface area contributed by atoms with E-state index in [9.17, 15) is 29.4 Å². The number of H-pyrrole nitrogens is 1. The van der Waals surface area contributed by atoms with Crippen molar-refractivity contribution in [1.29, 1.82) is 0 Å². The first kappa shape index (κ1) is 32.2. The maximum atomic E-state index is 13.7. The summed E-state index contributed by atoms with van der Waals surface area (Å²) >= 11 is 1.45. The van der Waals surface area contributed by atoms with Crippen LogP contribution in [0.4, 0.5) is 0 Å². The highest BCUT2D eigenvalue weighted by molar-refractivity contribution is 7.98. The van der Waals surface area contributed by atoms with Crippen molar-refractivity contribution < 1.29 is 29.4 Å².